The number of fused-ring (bicyclic) bond motifs is 2. The average molecular weight is 507 g/mol. The highest BCUT2D eigenvalue weighted by Crippen LogP contribution is 2.42. The summed E-state index contributed by atoms with van der Waals surface area (Å²) in [4.78, 5) is 11.1. The van der Waals surface area contributed by atoms with Gasteiger partial charge in [-0.05, 0) is 76.9 Å². The highest BCUT2D eigenvalue weighted by atomic mass is 16.5. The summed E-state index contributed by atoms with van der Waals surface area (Å²) in [6.07, 6.45) is 2.18. The molecule has 1 N–H and O–H groups in total. The Morgan fingerprint density at radius 3 is 2.47 bits per heavy atom. The predicted octanol–water partition coefficient (Wildman–Crippen LogP) is 6.87. The maximum absolute atomic E-state index is 11.1. The van der Waals surface area contributed by atoms with E-state index in [4.69, 9.17) is 19.3 Å². The maximum atomic E-state index is 11.1. The topological polar surface area (TPSA) is 65.0 Å². The van der Waals surface area contributed by atoms with Gasteiger partial charge in [-0.2, -0.15) is 0 Å². The minimum Gasteiger partial charge on any atom is -0.492 e. The normalized spacial score (nSPS) is 15.1. The molecule has 1 aliphatic carbocycles. The van der Waals surface area contributed by atoms with Crippen LogP contribution in [-0.2, 0) is 30.8 Å². The largest absolute Gasteiger partial charge is 0.492 e. The third-order valence-electron chi connectivity index (χ3n) is 7.47. The molecule has 0 unspecified atom stereocenters. The van der Waals surface area contributed by atoms with Gasteiger partial charge in [0.15, 0.2) is 0 Å². The van der Waals surface area contributed by atoms with Crippen molar-refractivity contribution in [3.8, 4) is 28.4 Å². The van der Waals surface area contributed by atoms with Crippen molar-refractivity contribution in [2.75, 3.05) is 6.61 Å². The first-order valence-electron chi connectivity index (χ1n) is 13.1. The fourth-order valence-corrected chi connectivity index (χ4v) is 5.49. The summed E-state index contributed by atoms with van der Waals surface area (Å²) in [6.45, 7) is 3.57. The van der Waals surface area contributed by atoms with Gasteiger partial charge in [-0.15, -0.1) is 0 Å². The number of benzene rings is 4. The molecule has 0 fully saturated rings. The van der Waals surface area contributed by atoms with E-state index in [0.29, 0.717) is 31.3 Å². The van der Waals surface area contributed by atoms with E-state index in [1.165, 1.54) is 33.4 Å². The van der Waals surface area contributed by atoms with Gasteiger partial charge in [0.05, 0.1) is 13.0 Å². The number of carbonyl (C=O) groups is 1. The van der Waals surface area contributed by atoms with E-state index in [1.54, 1.807) is 0 Å². The van der Waals surface area contributed by atoms with Crippen molar-refractivity contribution < 1.29 is 24.1 Å². The molecular weight excluding hydrogens is 476 g/mol. The van der Waals surface area contributed by atoms with Gasteiger partial charge in [0, 0.05) is 17.5 Å². The standard InChI is InChI=1S/C33H30O5/c1-21-14-30(37-18-22-6-3-2-4-7-22)28-12-13-29(28)33(21)24-9-5-8-23(15-24)19-36-26-10-11-27-25(16-32(34)35)20-38-31(27)17-26/h2-11,14-15,17,25H,12-13,16,18-20H2,1H3,(H,34,35)/t25-/m1/s1. The van der Waals surface area contributed by atoms with E-state index in [-0.39, 0.29) is 12.3 Å². The van der Waals surface area contributed by atoms with Crippen LogP contribution in [0.15, 0.2) is 78.9 Å². The molecular formula is C33H30O5. The zero-order valence-corrected chi connectivity index (χ0v) is 21.4. The first-order valence-corrected chi connectivity index (χ1v) is 13.1. The lowest BCUT2D eigenvalue weighted by atomic mass is 9.79. The minimum atomic E-state index is -0.814. The first kappa shape index (κ1) is 24.1. The van der Waals surface area contributed by atoms with Crippen molar-refractivity contribution in [3.63, 3.8) is 0 Å². The molecule has 4 aromatic rings. The van der Waals surface area contributed by atoms with Crippen LogP contribution in [0.25, 0.3) is 11.1 Å². The van der Waals surface area contributed by atoms with E-state index in [2.05, 4.69) is 49.4 Å². The van der Waals surface area contributed by atoms with Crippen molar-refractivity contribution in [3.05, 3.63) is 112 Å². The second kappa shape index (κ2) is 10.3. The van der Waals surface area contributed by atoms with E-state index in [9.17, 15) is 4.79 Å². The maximum Gasteiger partial charge on any atom is 0.304 e. The molecule has 1 atom stereocenters. The molecule has 38 heavy (non-hydrogen) atoms. The van der Waals surface area contributed by atoms with E-state index in [0.717, 1.165) is 29.7 Å². The molecule has 0 spiro atoms. The SMILES string of the molecule is Cc1cc(OCc2ccccc2)c2c(c1-c1cccc(COc3ccc4c(c3)OC[C@H]4CC(=O)O)c1)CC2. The summed E-state index contributed by atoms with van der Waals surface area (Å²) >= 11 is 0. The smallest absolute Gasteiger partial charge is 0.304 e. The average Bonchev–Trinajstić information content (AvgIpc) is 3.29. The van der Waals surface area contributed by atoms with Gasteiger partial charge in [0.25, 0.3) is 0 Å². The van der Waals surface area contributed by atoms with E-state index < -0.39 is 5.97 Å². The van der Waals surface area contributed by atoms with Crippen LogP contribution in [0.5, 0.6) is 17.2 Å². The monoisotopic (exact) mass is 506 g/mol. The number of aryl methyl sites for hydroxylation is 1. The van der Waals surface area contributed by atoms with Crippen LogP contribution in [0.1, 0.15) is 45.7 Å². The molecule has 5 nitrogen and oxygen atoms in total. The van der Waals surface area contributed by atoms with Crippen LogP contribution < -0.4 is 14.2 Å². The van der Waals surface area contributed by atoms with Crippen LogP contribution in [0.3, 0.4) is 0 Å². The summed E-state index contributed by atoms with van der Waals surface area (Å²) in [5.74, 6) is 1.51. The second-order valence-corrected chi connectivity index (χ2v) is 10.1. The Morgan fingerprint density at radius 1 is 0.895 bits per heavy atom. The van der Waals surface area contributed by atoms with Crippen LogP contribution in [0.4, 0.5) is 0 Å². The van der Waals surface area contributed by atoms with Gasteiger partial charge in [0.2, 0.25) is 0 Å². The lowest BCUT2D eigenvalue weighted by Crippen LogP contribution is -2.14. The van der Waals surface area contributed by atoms with Crippen molar-refractivity contribution in [2.24, 2.45) is 0 Å². The Hall–Kier alpha value is -4.25. The van der Waals surface area contributed by atoms with E-state index in [1.807, 2.05) is 36.4 Å². The third-order valence-corrected chi connectivity index (χ3v) is 7.47. The zero-order chi connectivity index (χ0) is 26.1. The Balaban J connectivity index is 1.17. The summed E-state index contributed by atoms with van der Waals surface area (Å²) in [6, 6.07) is 26.7. The summed E-state index contributed by atoms with van der Waals surface area (Å²) < 4.78 is 18.1. The number of ether oxygens (including phenoxy) is 3. The van der Waals surface area contributed by atoms with Crippen LogP contribution in [0.2, 0.25) is 0 Å². The van der Waals surface area contributed by atoms with Crippen molar-refractivity contribution >= 4 is 5.97 Å². The quantitative estimate of drug-likeness (QED) is 0.268. The van der Waals surface area contributed by atoms with Crippen molar-refractivity contribution in [1.29, 1.82) is 0 Å². The zero-order valence-electron chi connectivity index (χ0n) is 21.4. The minimum absolute atomic E-state index is 0.0727. The molecule has 0 saturated carbocycles. The van der Waals surface area contributed by atoms with Crippen molar-refractivity contribution in [2.45, 2.75) is 45.3 Å². The molecule has 5 heteroatoms. The number of hydrogen-bond acceptors (Lipinski definition) is 4. The number of rotatable bonds is 9. The fraction of sp³-hybridized carbons (Fsp3) is 0.242. The molecule has 0 radical (unpaired) electrons. The molecule has 2 aliphatic rings. The fourth-order valence-electron chi connectivity index (χ4n) is 5.49. The summed E-state index contributed by atoms with van der Waals surface area (Å²) in [7, 11) is 0. The molecule has 192 valence electrons. The van der Waals surface area contributed by atoms with Gasteiger partial charge in [-0.25, -0.2) is 0 Å². The number of aliphatic carboxylic acids is 1. The van der Waals surface area contributed by atoms with Gasteiger partial charge in [-0.1, -0.05) is 54.6 Å². The molecule has 0 saturated heterocycles. The molecule has 0 amide bonds. The molecule has 4 aromatic carbocycles. The number of hydrogen-bond donors (Lipinski definition) is 1. The Kier molecular flexibility index (Phi) is 6.50. The Bertz CT molecular complexity index is 1490. The molecule has 0 aromatic heterocycles. The molecule has 0 bridgehead atoms. The van der Waals surface area contributed by atoms with E-state index >= 15 is 0 Å². The second-order valence-electron chi connectivity index (χ2n) is 10.1. The predicted molar refractivity (Wildman–Crippen MR) is 146 cm³/mol. The van der Waals surface area contributed by atoms with Gasteiger partial charge >= 0.3 is 5.97 Å². The highest BCUT2D eigenvalue weighted by Gasteiger charge is 2.27. The Labute approximate surface area is 222 Å². The molecule has 1 heterocycles. The first-order chi connectivity index (χ1) is 18.5. The van der Waals surface area contributed by atoms with Gasteiger partial charge in [0.1, 0.15) is 30.5 Å². The van der Waals surface area contributed by atoms with Crippen LogP contribution in [0, 0.1) is 6.92 Å². The Morgan fingerprint density at radius 2 is 1.68 bits per heavy atom. The lowest BCUT2D eigenvalue weighted by Gasteiger charge is -2.28. The third kappa shape index (κ3) is 4.84. The molecule has 1 aliphatic heterocycles. The van der Waals surface area contributed by atoms with Crippen LogP contribution >= 0.6 is 0 Å². The van der Waals surface area contributed by atoms with Crippen LogP contribution in [-0.4, -0.2) is 17.7 Å². The number of carboxylic acid groups (broad SMARTS) is 1. The lowest BCUT2D eigenvalue weighted by molar-refractivity contribution is -0.137. The number of carboxylic acids is 1. The highest BCUT2D eigenvalue weighted by molar-refractivity contribution is 5.76. The summed E-state index contributed by atoms with van der Waals surface area (Å²) in [5, 5.41) is 9.12. The summed E-state index contributed by atoms with van der Waals surface area (Å²) in [5.41, 5.74) is 9.62. The van der Waals surface area contributed by atoms with Gasteiger partial charge in [-0.3, -0.25) is 4.79 Å². The van der Waals surface area contributed by atoms with Crippen molar-refractivity contribution in [1.82, 2.24) is 0 Å². The molecule has 6 rings (SSSR count). The van der Waals surface area contributed by atoms with Gasteiger partial charge < -0.3 is 19.3 Å².